The van der Waals surface area contributed by atoms with E-state index in [2.05, 4.69) is 0 Å². The second kappa shape index (κ2) is 6.88. The maximum absolute atomic E-state index is 12.8. The lowest BCUT2D eigenvalue weighted by molar-refractivity contribution is 0.0303. The van der Waals surface area contributed by atoms with Crippen LogP contribution in [0.2, 0.25) is 0 Å². The van der Waals surface area contributed by atoms with Crippen molar-refractivity contribution < 1.29 is 17.9 Å². The molecule has 1 fully saturated rings. The zero-order valence-electron chi connectivity index (χ0n) is 14.1. The fraction of sp³-hybridized carbons (Fsp3) is 0.562. The predicted octanol–water partition coefficient (Wildman–Crippen LogP) is 1.68. The number of hydrogen-bond acceptors (Lipinski definition) is 4. The number of ether oxygens (including phenoxy) is 1. The number of hydrogen-bond donors (Lipinski definition) is 0. The average molecular weight is 340 g/mol. The van der Waals surface area contributed by atoms with Gasteiger partial charge in [0.05, 0.1) is 30.7 Å². The molecule has 0 unspecified atom stereocenters. The van der Waals surface area contributed by atoms with Gasteiger partial charge < -0.3 is 9.64 Å². The molecular weight excluding hydrogens is 316 g/mol. The van der Waals surface area contributed by atoms with Crippen LogP contribution in [-0.2, 0) is 14.8 Å². The van der Waals surface area contributed by atoms with Crippen molar-refractivity contribution in [2.24, 2.45) is 0 Å². The highest BCUT2D eigenvalue weighted by atomic mass is 32.2. The highest BCUT2D eigenvalue weighted by Crippen LogP contribution is 2.28. The van der Waals surface area contributed by atoms with Gasteiger partial charge in [0.15, 0.2) is 0 Å². The lowest BCUT2D eigenvalue weighted by atomic mass is 9.99. The van der Waals surface area contributed by atoms with Gasteiger partial charge in [0.2, 0.25) is 10.0 Å². The third kappa shape index (κ3) is 4.03. The Hall–Kier alpha value is -1.60. The van der Waals surface area contributed by atoms with Crippen LogP contribution >= 0.6 is 0 Å². The minimum absolute atomic E-state index is 0.158. The summed E-state index contributed by atoms with van der Waals surface area (Å²) in [4.78, 5) is 14.5. The van der Waals surface area contributed by atoms with Gasteiger partial charge in [-0.2, -0.15) is 0 Å². The van der Waals surface area contributed by atoms with Crippen molar-refractivity contribution in [1.29, 1.82) is 0 Å². The fourth-order valence-corrected chi connectivity index (χ4v) is 2.97. The third-order valence-electron chi connectivity index (χ3n) is 4.05. The van der Waals surface area contributed by atoms with Crippen molar-refractivity contribution in [3.05, 3.63) is 29.3 Å². The van der Waals surface area contributed by atoms with Crippen LogP contribution in [0, 0.1) is 0 Å². The van der Waals surface area contributed by atoms with Crippen molar-refractivity contribution >= 4 is 21.6 Å². The number of sulfonamides is 1. The first-order chi connectivity index (χ1) is 10.7. The molecule has 1 aliphatic heterocycles. The van der Waals surface area contributed by atoms with E-state index in [0.29, 0.717) is 37.6 Å². The smallest absolute Gasteiger partial charge is 0.256 e. The molecule has 128 valence electrons. The summed E-state index contributed by atoms with van der Waals surface area (Å²) in [5.74, 6) is 0.0864. The van der Waals surface area contributed by atoms with E-state index in [-0.39, 0.29) is 11.8 Å². The summed E-state index contributed by atoms with van der Waals surface area (Å²) in [6.07, 6.45) is 1.14. The SMILES string of the molecule is CC(C)c1ccc(C(=O)N2CCOCC2)c(N(C)S(C)(=O)=O)c1. The Bertz CT molecular complexity index is 679. The molecule has 0 aliphatic carbocycles. The molecule has 0 radical (unpaired) electrons. The minimum atomic E-state index is -3.45. The summed E-state index contributed by atoms with van der Waals surface area (Å²) >= 11 is 0. The normalized spacial score (nSPS) is 15.8. The number of nitrogens with zero attached hydrogens (tertiary/aromatic N) is 2. The molecule has 1 aromatic rings. The third-order valence-corrected chi connectivity index (χ3v) is 5.25. The number of rotatable bonds is 4. The van der Waals surface area contributed by atoms with Gasteiger partial charge in [-0.25, -0.2) is 8.42 Å². The molecule has 6 nitrogen and oxygen atoms in total. The summed E-state index contributed by atoms with van der Waals surface area (Å²) in [5.41, 5.74) is 1.83. The summed E-state index contributed by atoms with van der Waals surface area (Å²) in [7, 11) is -1.97. The fourth-order valence-electron chi connectivity index (χ4n) is 2.46. The minimum Gasteiger partial charge on any atom is -0.378 e. The summed E-state index contributed by atoms with van der Waals surface area (Å²) in [5, 5.41) is 0. The van der Waals surface area contributed by atoms with Crippen LogP contribution in [-0.4, -0.2) is 58.8 Å². The van der Waals surface area contributed by atoms with E-state index in [1.54, 1.807) is 17.0 Å². The molecule has 1 aliphatic rings. The molecule has 1 saturated heterocycles. The van der Waals surface area contributed by atoms with Gasteiger partial charge in [0.1, 0.15) is 0 Å². The van der Waals surface area contributed by atoms with Gasteiger partial charge in [-0.15, -0.1) is 0 Å². The van der Waals surface area contributed by atoms with Crippen LogP contribution in [0.3, 0.4) is 0 Å². The van der Waals surface area contributed by atoms with E-state index in [1.807, 2.05) is 19.9 Å². The average Bonchev–Trinajstić information content (AvgIpc) is 2.52. The first-order valence-electron chi connectivity index (χ1n) is 7.66. The first-order valence-corrected chi connectivity index (χ1v) is 9.51. The second-order valence-electron chi connectivity index (χ2n) is 6.07. The molecule has 23 heavy (non-hydrogen) atoms. The van der Waals surface area contributed by atoms with Crippen molar-refractivity contribution in [2.75, 3.05) is 43.9 Å². The van der Waals surface area contributed by atoms with E-state index in [1.165, 1.54) is 11.4 Å². The molecule has 0 N–H and O–H groups in total. The van der Waals surface area contributed by atoms with Crippen LogP contribution in [0.4, 0.5) is 5.69 Å². The molecule has 1 amide bonds. The van der Waals surface area contributed by atoms with E-state index in [0.717, 1.165) is 11.8 Å². The summed E-state index contributed by atoms with van der Waals surface area (Å²) < 4.78 is 30.3. The van der Waals surface area contributed by atoms with Crippen LogP contribution in [0.1, 0.15) is 35.7 Å². The van der Waals surface area contributed by atoms with Gasteiger partial charge in [-0.05, 0) is 23.6 Å². The highest BCUT2D eigenvalue weighted by Gasteiger charge is 2.25. The number of carbonyl (C=O) groups excluding carboxylic acids is 1. The topological polar surface area (TPSA) is 66.9 Å². The van der Waals surface area contributed by atoms with Gasteiger partial charge in [0.25, 0.3) is 5.91 Å². The van der Waals surface area contributed by atoms with Crippen LogP contribution in [0.25, 0.3) is 0 Å². The van der Waals surface area contributed by atoms with Crippen molar-refractivity contribution in [2.45, 2.75) is 19.8 Å². The number of benzene rings is 1. The monoisotopic (exact) mass is 340 g/mol. The Morgan fingerprint density at radius 2 is 1.87 bits per heavy atom. The molecule has 0 bridgehead atoms. The lowest BCUT2D eigenvalue weighted by Gasteiger charge is -2.29. The van der Waals surface area contributed by atoms with Crippen molar-refractivity contribution in [3.63, 3.8) is 0 Å². The molecule has 1 aromatic carbocycles. The standard InChI is InChI=1S/C16H24N2O4S/c1-12(2)13-5-6-14(15(11-13)17(3)23(4,20)21)16(19)18-7-9-22-10-8-18/h5-6,11-12H,7-10H2,1-4H3. The zero-order chi connectivity index (χ0) is 17.2. The van der Waals surface area contributed by atoms with E-state index >= 15 is 0 Å². The quantitative estimate of drug-likeness (QED) is 0.836. The lowest BCUT2D eigenvalue weighted by Crippen LogP contribution is -2.41. The largest absolute Gasteiger partial charge is 0.378 e. The Kier molecular flexibility index (Phi) is 5.31. The molecule has 1 heterocycles. The summed E-state index contributed by atoms with van der Waals surface area (Å²) in [6, 6.07) is 5.40. The number of morpholine rings is 1. The van der Waals surface area contributed by atoms with Gasteiger partial charge in [-0.3, -0.25) is 9.10 Å². The maximum Gasteiger partial charge on any atom is 0.256 e. The Balaban J connectivity index is 2.47. The number of anilines is 1. The van der Waals surface area contributed by atoms with Gasteiger partial charge >= 0.3 is 0 Å². The highest BCUT2D eigenvalue weighted by molar-refractivity contribution is 7.92. The number of amides is 1. The molecule has 0 saturated carbocycles. The first kappa shape index (κ1) is 17.7. The van der Waals surface area contributed by atoms with Crippen molar-refractivity contribution in [1.82, 2.24) is 4.90 Å². The molecule has 0 spiro atoms. The summed E-state index contributed by atoms with van der Waals surface area (Å²) in [6.45, 7) is 6.12. The molecular formula is C16H24N2O4S. The van der Waals surface area contributed by atoms with Gasteiger partial charge in [-0.1, -0.05) is 19.9 Å². The molecule has 0 aromatic heterocycles. The number of carbonyl (C=O) groups is 1. The van der Waals surface area contributed by atoms with Crippen LogP contribution in [0.15, 0.2) is 18.2 Å². The molecule has 0 atom stereocenters. The van der Waals surface area contributed by atoms with Crippen LogP contribution < -0.4 is 4.31 Å². The zero-order valence-corrected chi connectivity index (χ0v) is 14.9. The van der Waals surface area contributed by atoms with Gasteiger partial charge in [0, 0.05) is 20.1 Å². The van der Waals surface area contributed by atoms with E-state index in [9.17, 15) is 13.2 Å². The Labute approximate surface area is 138 Å². The van der Waals surface area contributed by atoms with Crippen LogP contribution in [0.5, 0.6) is 0 Å². The predicted molar refractivity (Wildman–Crippen MR) is 90.5 cm³/mol. The second-order valence-corrected chi connectivity index (χ2v) is 8.08. The molecule has 7 heteroatoms. The van der Waals surface area contributed by atoms with E-state index < -0.39 is 10.0 Å². The molecule has 2 rings (SSSR count). The van der Waals surface area contributed by atoms with E-state index in [4.69, 9.17) is 4.74 Å². The van der Waals surface area contributed by atoms with Crippen molar-refractivity contribution in [3.8, 4) is 0 Å². The Morgan fingerprint density at radius 3 is 2.39 bits per heavy atom. The Morgan fingerprint density at radius 1 is 1.26 bits per heavy atom. The maximum atomic E-state index is 12.8.